The molecule has 0 saturated carbocycles. The van der Waals surface area contributed by atoms with Crippen LogP contribution in [0, 0.1) is 6.92 Å². The maximum atomic E-state index is 10.3. The minimum absolute atomic E-state index is 0.130. The van der Waals surface area contributed by atoms with Crippen molar-refractivity contribution in [2.75, 3.05) is 13.7 Å². The van der Waals surface area contributed by atoms with Gasteiger partial charge in [0.2, 0.25) is 0 Å². The molecule has 0 saturated heterocycles. The Morgan fingerprint density at radius 3 is 2.38 bits per heavy atom. The number of likely N-dealkylation sites (N-methyl/N-ethyl adjacent to an activating group) is 1. The van der Waals surface area contributed by atoms with Gasteiger partial charge in [-0.25, -0.2) is 0 Å². The molecule has 42 heavy (non-hydrogen) atoms. The van der Waals surface area contributed by atoms with Crippen LogP contribution in [0.5, 0.6) is 0 Å². The monoisotopic (exact) mass is 577 g/mol. The van der Waals surface area contributed by atoms with E-state index in [1.807, 2.05) is 27.7 Å². The third-order valence-electron chi connectivity index (χ3n) is 7.50. The van der Waals surface area contributed by atoms with Gasteiger partial charge in [0.05, 0.1) is 5.54 Å². The maximum absolute atomic E-state index is 10.3. The van der Waals surface area contributed by atoms with Crippen LogP contribution in [-0.4, -0.2) is 35.0 Å². The number of fused-ring (bicyclic) bond motifs is 2. The number of carbonyl (C=O) groups excluding carboxylic acids is 1. The van der Waals surface area contributed by atoms with Crippen molar-refractivity contribution in [3.05, 3.63) is 107 Å². The van der Waals surface area contributed by atoms with Crippen LogP contribution in [0.4, 0.5) is 0 Å². The standard InChI is InChI=1S/C28H36N2.C6H12O2.2C2H6/c1-9-11-23-15-14-20(2)18-25(23)27(5,6)21(3)12-10-13-26-28(7)22(4)19-24(29-28)16-17-30(26)8;1-6(8)4-2-3-5-7;2*1-2/h10,12-19,29H,3-4,9,11H2,1-2,5-8H3;7H,2-5H2,1H3;2*1-2H3/p+1/b12-10+,26-13+;;;. The van der Waals surface area contributed by atoms with Crippen LogP contribution in [0.15, 0.2) is 90.5 Å². The Morgan fingerprint density at radius 2 is 1.81 bits per heavy atom. The number of hydrogen-bond donors (Lipinski definition) is 1. The minimum atomic E-state index is -0.292. The molecular formula is C38H61N2O2+. The van der Waals surface area contributed by atoms with E-state index in [-0.39, 0.29) is 16.7 Å². The van der Waals surface area contributed by atoms with Crippen molar-refractivity contribution in [1.29, 1.82) is 0 Å². The summed E-state index contributed by atoms with van der Waals surface area (Å²) in [7, 11) is 2.08. The van der Waals surface area contributed by atoms with Gasteiger partial charge in [-0.2, -0.15) is 0 Å². The average Bonchev–Trinajstić information content (AvgIpc) is 3.19. The number of hydrogen-bond acceptors (Lipinski definition) is 3. The Bertz CT molecular complexity index is 1150. The number of rotatable bonds is 10. The smallest absolute Gasteiger partial charge is 0.143 e. The summed E-state index contributed by atoms with van der Waals surface area (Å²) in [5, 5.41) is 10.3. The van der Waals surface area contributed by atoms with Crippen LogP contribution in [0.25, 0.3) is 0 Å². The molecule has 0 aromatic heterocycles. The number of Topliss-reactive ketones (excluding diaryl/α,β-unsaturated/α-hetero) is 1. The first-order valence-electron chi connectivity index (χ1n) is 15.8. The number of nitrogens with zero attached hydrogens (tertiary/aromatic N) is 1. The lowest BCUT2D eigenvalue weighted by Gasteiger charge is -2.34. The van der Waals surface area contributed by atoms with E-state index >= 15 is 0 Å². The molecule has 0 amide bonds. The Morgan fingerprint density at radius 1 is 1.17 bits per heavy atom. The first kappa shape index (κ1) is 38.9. The molecular weight excluding hydrogens is 516 g/mol. The Kier molecular flexibility index (Phi) is 17.7. The molecule has 0 spiro atoms. The average molecular weight is 578 g/mol. The van der Waals surface area contributed by atoms with Crippen LogP contribution < -0.4 is 5.32 Å². The zero-order valence-corrected chi connectivity index (χ0v) is 28.7. The van der Waals surface area contributed by atoms with Crippen LogP contribution in [0.3, 0.4) is 0 Å². The van der Waals surface area contributed by atoms with Gasteiger partial charge in [-0.15, -0.1) is 0 Å². The van der Waals surface area contributed by atoms with E-state index in [2.05, 4.69) is 120 Å². The topological polar surface area (TPSA) is 55.2 Å². The summed E-state index contributed by atoms with van der Waals surface area (Å²) >= 11 is 0. The number of benzene rings is 1. The predicted octanol–water partition coefficient (Wildman–Crippen LogP) is 9.01. The summed E-state index contributed by atoms with van der Waals surface area (Å²) in [6.45, 7) is 29.9. The number of nitrogens with one attached hydrogen (secondary N) is 1. The van der Waals surface area contributed by atoms with E-state index in [0.29, 0.717) is 13.0 Å². The number of carbonyl (C=O) groups is 1. The molecule has 234 valence electrons. The molecule has 3 N–H and O–H groups in total. The second-order valence-corrected chi connectivity index (χ2v) is 11.2. The fourth-order valence-electron chi connectivity index (χ4n) is 4.86. The van der Waals surface area contributed by atoms with Gasteiger partial charge >= 0.3 is 0 Å². The maximum Gasteiger partial charge on any atom is 0.143 e. The lowest BCUT2D eigenvalue weighted by molar-refractivity contribution is -0.117. The first-order valence-corrected chi connectivity index (χ1v) is 15.8. The molecule has 2 bridgehead atoms. The molecule has 2 heterocycles. The van der Waals surface area contributed by atoms with E-state index in [9.17, 15) is 4.79 Å². The van der Waals surface area contributed by atoms with Gasteiger partial charge in [0.1, 0.15) is 12.4 Å². The van der Waals surface area contributed by atoms with Gasteiger partial charge in [-0.3, -0.25) is 0 Å². The molecule has 1 aromatic rings. The number of allylic oxidation sites excluding steroid dienone is 5. The molecule has 4 heteroatoms. The van der Waals surface area contributed by atoms with Gasteiger partial charge in [0.25, 0.3) is 0 Å². The van der Waals surface area contributed by atoms with Gasteiger partial charge in [-0.05, 0) is 74.1 Å². The number of unbranched alkanes of at least 4 members (excludes halogenated alkanes) is 1. The molecule has 2 aliphatic heterocycles. The van der Waals surface area contributed by atoms with Crippen LogP contribution in [0.1, 0.15) is 105 Å². The van der Waals surface area contributed by atoms with E-state index in [1.165, 1.54) is 16.7 Å². The second kappa shape index (κ2) is 19.2. The zero-order chi connectivity index (χ0) is 32.5. The molecule has 0 fully saturated rings. The summed E-state index contributed by atoms with van der Waals surface area (Å²) in [4.78, 5) is 12.4. The van der Waals surface area contributed by atoms with Crippen molar-refractivity contribution < 1.29 is 9.90 Å². The molecule has 2 aliphatic rings. The first-order chi connectivity index (χ1) is 19.9. The predicted molar refractivity (Wildman–Crippen MR) is 186 cm³/mol. The fourth-order valence-corrected chi connectivity index (χ4v) is 4.86. The molecule has 3 rings (SSSR count). The summed E-state index contributed by atoms with van der Waals surface area (Å²) in [5.41, 5.74) is 8.14. The minimum Gasteiger partial charge on any atom is -0.445 e. The highest BCUT2D eigenvalue weighted by Crippen LogP contribution is 2.37. The zero-order valence-electron chi connectivity index (χ0n) is 28.7. The van der Waals surface area contributed by atoms with Crippen molar-refractivity contribution >= 4 is 5.78 Å². The molecule has 0 aliphatic carbocycles. The second-order valence-electron chi connectivity index (χ2n) is 11.2. The molecule has 1 aromatic carbocycles. The molecule has 0 radical (unpaired) electrons. The fraction of sp³-hybridized carbons (Fsp3) is 0.500. The number of ketones is 1. The van der Waals surface area contributed by atoms with Crippen molar-refractivity contribution in [2.24, 2.45) is 0 Å². The van der Waals surface area contributed by atoms with Crippen LogP contribution in [-0.2, 0) is 16.6 Å². The van der Waals surface area contributed by atoms with Crippen molar-refractivity contribution in [2.45, 2.75) is 112 Å². The highest BCUT2D eigenvalue weighted by Gasteiger charge is 2.38. The SMILES string of the molecule is C=C1C=C2C=CN(C)/C(=C/C=C/C(=C)C(C)(C)c3cc(C)ccc3CCC)C1(C)N2.CC.CC.CC(=O)CCCC[OH2+]. The van der Waals surface area contributed by atoms with Crippen molar-refractivity contribution in [3.8, 4) is 0 Å². The Balaban J connectivity index is 0.00000120. The quantitative estimate of drug-likeness (QED) is 0.171. The molecule has 4 nitrogen and oxygen atoms in total. The Hall–Kier alpha value is -3.11. The van der Waals surface area contributed by atoms with Crippen LogP contribution >= 0.6 is 0 Å². The lowest BCUT2D eigenvalue weighted by atomic mass is 9.75. The summed E-state index contributed by atoms with van der Waals surface area (Å²) < 4.78 is 0. The molecule has 1 unspecified atom stereocenters. The normalized spacial score (nSPS) is 18.1. The van der Waals surface area contributed by atoms with Gasteiger partial charge in [0, 0.05) is 42.9 Å². The van der Waals surface area contributed by atoms with E-state index in [1.54, 1.807) is 6.92 Å². The summed E-state index contributed by atoms with van der Waals surface area (Å²) in [5.74, 6) is 0.235. The van der Waals surface area contributed by atoms with E-state index in [0.717, 1.165) is 48.2 Å². The summed E-state index contributed by atoms with van der Waals surface area (Å²) in [6.07, 6.45) is 17.4. The van der Waals surface area contributed by atoms with Gasteiger partial charge in [0.15, 0.2) is 0 Å². The highest BCUT2D eigenvalue weighted by atomic mass is 16.3. The van der Waals surface area contributed by atoms with E-state index < -0.39 is 0 Å². The molecule has 1 atom stereocenters. The van der Waals surface area contributed by atoms with Crippen molar-refractivity contribution in [1.82, 2.24) is 10.2 Å². The highest BCUT2D eigenvalue weighted by molar-refractivity contribution is 5.75. The summed E-state index contributed by atoms with van der Waals surface area (Å²) in [6, 6.07) is 6.82. The van der Waals surface area contributed by atoms with Gasteiger partial charge < -0.3 is 20.1 Å². The lowest BCUT2D eigenvalue weighted by Crippen LogP contribution is -2.43. The third kappa shape index (κ3) is 10.9. The van der Waals surface area contributed by atoms with Crippen LogP contribution in [0.2, 0.25) is 0 Å². The largest absolute Gasteiger partial charge is 0.445 e. The van der Waals surface area contributed by atoms with E-state index in [4.69, 9.17) is 5.11 Å². The number of aryl methyl sites for hydroxylation is 2. The Labute approximate surface area is 258 Å². The van der Waals surface area contributed by atoms with Crippen molar-refractivity contribution in [3.63, 3.8) is 0 Å². The van der Waals surface area contributed by atoms with Gasteiger partial charge in [-0.1, -0.05) is 104 Å². The third-order valence-corrected chi connectivity index (χ3v) is 7.50.